The smallest absolute Gasteiger partial charge is 0.207 e. The van der Waals surface area contributed by atoms with E-state index < -0.39 is 20.0 Å². The topological polar surface area (TPSA) is 55.8 Å². The van der Waals surface area contributed by atoms with Gasteiger partial charge in [-0.25, -0.2) is 0 Å². The molecule has 0 aromatic heterocycles. The fourth-order valence-electron chi connectivity index (χ4n) is 2.96. The number of aliphatic hydroxyl groups excluding tert-OH is 1. The summed E-state index contributed by atoms with van der Waals surface area (Å²) in [7, 11) is -1.67. The molecule has 0 aromatic rings. The van der Waals surface area contributed by atoms with Gasteiger partial charge >= 0.3 is 0 Å². The molecule has 0 aliphatic carbocycles. The Labute approximate surface area is 155 Å². The molecule has 0 saturated heterocycles. The lowest BCUT2D eigenvalue weighted by Gasteiger charge is -2.37. The molecular formula is C20H36O4Si. The SMILES string of the molecule is C=C(C)CC(OCC)(OCC)[C@H](O)CC(=O)C#C[Si](CC)(CC)CC. The molecule has 0 aliphatic rings. The highest BCUT2D eigenvalue weighted by Crippen LogP contribution is 2.28. The Hall–Kier alpha value is -0.933. The van der Waals surface area contributed by atoms with Crippen molar-refractivity contribution in [2.45, 2.75) is 84.4 Å². The van der Waals surface area contributed by atoms with Crippen LogP contribution in [0.2, 0.25) is 18.1 Å². The van der Waals surface area contributed by atoms with E-state index in [-0.39, 0.29) is 12.2 Å². The molecule has 0 heterocycles. The minimum Gasteiger partial charge on any atom is -0.387 e. The molecule has 0 bridgehead atoms. The van der Waals surface area contributed by atoms with Crippen LogP contribution in [0.3, 0.4) is 0 Å². The van der Waals surface area contributed by atoms with Crippen molar-refractivity contribution in [2.75, 3.05) is 13.2 Å². The molecule has 144 valence electrons. The maximum atomic E-state index is 12.3. The van der Waals surface area contributed by atoms with Gasteiger partial charge in [0.25, 0.3) is 0 Å². The summed E-state index contributed by atoms with van der Waals surface area (Å²) in [6.07, 6.45) is -0.831. The highest BCUT2D eigenvalue weighted by atomic mass is 28.3. The van der Waals surface area contributed by atoms with Gasteiger partial charge in [-0.2, -0.15) is 0 Å². The predicted molar refractivity (Wildman–Crippen MR) is 106 cm³/mol. The number of Topliss-reactive ketones (excluding diaryl/α,β-unsaturated/α-hetero) is 1. The summed E-state index contributed by atoms with van der Waals surface area (Å²) in [4.78, 5) is 12.3. The van der Waals surface area contributed by atoms with Gasteiger partial charge in [0.1, 0.15) is 14.2 Å². The van der Waals surface area contributed by atoms with Crippen LogP contribution < -0.4 is 0 Å². The lowest BCUT2D eigenvalue weighted by atomic mass is 9.97. The summed E-state index contributed by atoms with van der Waals surface area (Å²) in [6, 6.07) is 3.13. The van der Waals surface area contributed by atoms with Gasteiger partial charge < -0.3 is 14.6 Å². The molecule has 1 N–H and O–H groups in total. The fraction of sp³-hybridized carbons (Fsp3) is 0.750. The summed E-state index contributed by atoms with van der Waals surface area (Å²) in [5.74, 6) is 1.30. The Morgan fingerprint density at radius 2 is 1.60 bits per heavy atom. The van der Waals surface area contributed by atoms with E-state index in [4.69, 9.17) is 9.47 Å². The van der Waals surface area contributed by atoms with E-state index >= 15 is 0 Å². The van der Waals surface area contributed by atoms with Crippen molar-refractivity contribution >= 4 is 13.9 Å². The molecule has 0 rings (SSSR count). The van der Waals surface area contributed by atoms with Crippen molar-refractivity contribution in [3.63, 3.8) is 0 Å². The molecule has 0 radical (unpaired) electrons. The van der Waals surface area contributed by atoms with E-state index in [1.807, 2.05) is 20.8 Å². The van der Waals surface area contributed by atoms with Gasteiger partial charge in [0.2, 0.25) is 5.78 Å². The largest absolute Gasteiger partial charge is 0.387 e. The molecule has 25 heavy (non-hydrogen) atoms. The Morgan fingerprint density at radius 1 is 1.12 bits per heavy atom. The van der Waals surface area contributed by atoms with E-state index in [1.165, 1.54) is 0 Å². The first-order valence-electron chi connectivity index (χ1n) is 9.41. The first kappa shape index (κ1) is 24.1. The number of ether oxygens (including phenoxy) is 2. The van der Waals surface area contributed by atoms with Gasteiger partial charge in [-0.1, -0.05) is 32.9 Å². The number of rotatable bonds is 12. The maximum absolute atomic E-state index is 12.3. The lowest BCUT2D eigenvalue weighted by Crippen LogP contribution is -2.48. The molecule has 1 atom stereocenters. The molecular weight excluding hydrogens is 332 g/mol. The third-order valence-electron chi connectivity index (χ3n) is 4.71. The molecule has 0 fully saturated rings. The number of carbonyl (C=O) groups excluding carboxylic acids is 1. The van der Waals surface area contributed by atoms with Crippen LogP contribution in [0.25, 0.3) is 0 Å². The van der Waals surface area contributed by atoms with E-state index in [0.29, 0.717) is 19.6 Å². The van der Waals surface area contributed by atoms with E-state index in [1.54, 1.807) is 0 Å². The van der Waals surface area contributed by atoms with Crippen molar-refractivity contribution in [1.29, 1.82) is 0 Å². The number of aliphatic hydroxyl groups is 1. The minimum absolute atomic E-state index is 0.0953. The summed E-state index contributed by atoms with van der Waals surface area (Å²) in [5, 5.41) is 10.7. The second-order valence-corrected chi connectivity index (χ2v) is 11.5. The molecule has 0 aromatic carbocycles. The Kier molecular flexibility index (Phi) is 11.2. The number of carbonyl (C=O) groups is 1. The zero-order chi connectivity index (χ0) is 19.5. The quantitative estimate of drug-likeness (QED) is 0.244. The molecule has 5 heteroatoms. The average Bonchev–Trinajstić information content (AvgIpc) is 2.56. The van der Waals surface area contributed by atoms with Gasteiger partial charge in [-0.05, 0) is 44.8 Å². The van der Waals surface area contributed by atoms with Crippen molar-refractivity contribution in [3.05, 3.63) is 12.2 Å². The van der Waals surface area contributed by atoms with Gasteiger partial charge in [0.05, 0.1) is 6.42 Å². The predicted octanol–water partition coefficient (Wildman–Crippen LogP) is 4.09. The fourth-order valence-corrected chi connectivity index (χ4v) is 5.40. The Bertz CT molecular complexity index is 471. The van der Waals surface area contributed by atoms with Crippen molar-refractivity contribution in [2.24, 2.45) is 0 Å². The van der Waals surface area contributed by atoms with Gasteiger partial charge in [0, 0.05) is 19.6 Å². The number of hydrogen-bond donors (Lipinski definition) is 1. The second kappa shape index (κ2) is 11.6. The van der Waals surface area contributed by atoms with Crippen LogP contribution in [0.1, 0.15) is 54.4 Å². The summed E-state index contributed by atoms with van der Waals surface area (Å²) < 4.78 is 11.5. The molecule has 0 saturated carbocycles. The Balaban J connectivity index is 5.32. The number of hydrogen-bond acceptors (Lipinski definition) is 4. The van der Waals surface area contributed by atoms with Crippen molar-refractivity contribution in [3.8, 4) is 11.5 Å². The van der Waals surface area contributed by atoms with E-state index in [9.17, 15) is 9.90 Å². The van der Waals surface area contributed by atoms with Crippen LogP contribution in [-0.2, 0) is 14.3 Å². The lowest BCUT2D eigenvalue weighted by molar-refractivity contribution is -0.278. The van der Waals surface area contributed by atoms with Gasteiger partial charge in [-0.3, -0.25) is 4.79 Å². The minimum atomic E-state index is -1.67. The van der Waals surface area contributed by atoms with Crippen LogP contribution in [0.5, 0.6) is 0 Å². The number of ketones is 1. The highest BCUT2D eigenvalue weighted by molar-refractivity contribution is 6.87. The molecule has 0 amide bonds. The standard InChI is InChI=1S/C20H36O4Si/c1-8-23-20(24-9-2,16-17(6)7)19(22)15-18(21)13-14-25(10-3,11-4)12-5/h19,22H,6,8-12,15-16H2,1-5,7H3/t19-/m1/s1. The summed E-state index contributed by atoms with van der Waals surface area (Å²) in [5.41, 5.74) is 4.10. The second-order valence-electron chi connectivity index (χ2n) is 6.55. The normalized spacial score (nSPS) is 13.1. The first-order chi connectivity index (χ1) is 11.7. The van der Waals surface area contributed by atoms with Crippen LogP contribution in [-0.4, -0.2) is 44.1 Å². The van der Waals surface area contributed by atoms with Gasteiger partial charge in [0.15, 0.2) is 5.79 Å². The summed E-state index contributed by atoms with van der Waals surface area (Å²) >= 11 is 0. The zero-order valence-corrected chi connectivity index (χ0v) is 17.9. The van der Waals surface area contributed by atoms with Gasteiger partial charge in [-0.15, -0.1) is 5.54 Å². The van der Waals surface area contributed by atoms with Crippen molar-refractivity contribution in [1.82, 2.24) is 0 Å². The molecule has 4 nitrogen and oxygen atoms in total. The van der Waals surface area contributed by atoms with Crippen LogP contribution in [0.15, 0.2) is 12.2 Å². The van der Waals surface area contributed by atoms with Crippen LogP contribution in [0, 0.1) is 11.5 Å². The third kappa shape index (κ3) is 7.45. The third-order valence-corrected chi connectivity index (χ3v) is 9.43. The Morgan fingerprint density at radius 3 is 1.96 bits per heavy atom. The van der Waals surface area contributed by atoms with E-state index in [2.05, 4.69) is 38.8 Å². The monoisotopic (exact) mass is 368 g/mol. The molecule has 0 unspecified atom stereocenters. The maximum Gasteiger partial charge on any atom is 0.207 e. The van der Waals surface area contributed by atoms with E-state index in [0.717, 1.165) is 23.7 Å². The highest BCUT2D eigenvalue weighted by Gasteiger charge is 2.40. The molecule has 0 spiro atoms. The van der Waals surface area contributed by atoms with Crippen molar-refractivity contribution < 1.29 is 19.4 Å². The average molecular weight is 369 g/mol. The molecule has 0 aliphatic heterocycles. The van der Waals surface area contributed by atoms with Crippen LogP contribution >= 0.6 is 0 Å². The van der Waals surface area contributed by atoms with Crippen LogP contribution in [0.4, 0.5) is 0 Å². The zero-order valence-electron chi connectivity index (χ0n) is 16.9. The summed E-state index contributed by atoms with van der Waals surface area (Å²) in [6.45, 7) is 16.6. The first-order valence-corrected chi connectivity index (χ1v) is 12.0.